The molecule has 6 heteroatoms. The number of likely N-dealkylation sites (N-methyl/N-ethyl adjacent to an activating group) is 1. The van der Waals surface area contributed by atoms with E-state index in [1.54, 1.807) is 13.2 Å². The second-order valence-electron chi connectivity index (χ2n) is 7.33. The lowest BCUT2D eigenvalue weighted by molar-refractivity contribution is -0.130. The molecular formula is C20H22N4O2. The van der Waals surface area contributed by atoms with Crippen molar-refractivity contribution in [2.24, 2.45) is 10.7 Å². The molecule has 26 heavy (non-hydrogen) atoms. The fraction of sp³-hybridized carbons (Fsp3) is 0.350. The first-order valence-corrected chi connectivity index (χ1v) is 8.82. The van der Waals surface area contributed by atoms with Crippen LogP contribution in [-0.4, -0.2) is 28.8 Å². The first kappa shape index (κ1) is 16.6. The molecule has 0 bridgehead atoms. The van der Waals surface area contributed by atoms with Crippen LogP contribution in [-0.2, 0) is 10.3 Å². The maximum absolute atomic E-state index is 13.1. The molecule has 1 aliphatic heterocycles. The summed E-state index contributed by atoms with van der Waals surface area (Å²) in [5, 5.41) is 0. The van der Waals surface area contributed by atoms with Gasteiger partial charge in [0.15, 0.2) is 11.4 Å². The van der Waals surface area contributed by atoms with Gasteiger partial charge in [0.05, 0.1) is 5.92 Å². The van der Waals surface area contributed by atoms with Crippen LogP contribution in [0.15, 0.2) is 52.4 Å². The first-order chi connectivity index (χ1) is 12.4. The van der Waals surface area contributed by atoms with Gasteiger partial charge in [0.1, 0.15) is 5.54 Å². The number of carbonyl (C=O) groups is 1. The molecule has 1 aliphatic carbocycles. The molecule has 1 aromatic heterocycles. The summed E-state index contributed by atoms with van der Waals surface area (Å²) in [5.74, 6) is 0.0994. The van der Waals surface area contributed by atoms with E-state index in [9.17, 15) is 9.59 Å². The van der Waals surface area contributed by atoms with Crippen LogP contribution in [0, 0.1) is 0 Å². The number of pyridine rings is 1. The number of amides is 1. The number of hydrogen-bond acceptors (Lipinski definition) is 4. The minimum absolute atomic E-state index is 0.135. The average molecular weight is 350 g/mol. The van der Waals surface area contributed by atoms with Gasteiger partial charge in [-0.3, -0.25) is 14.5 Å². The van der Waals surface area contributed by atoms with Gasteiger partial charge in [-0.15, -0.1) is 0 Å². The summed E-state index contributed by atoms with van der Waals surface area (Å²) < 4.78 is 0. The lowest BCUT2D eigenvalue weighted by Crippen LogP contribution is -2.52. The smallest absolute Gasteiger partial charge is 0.239 e. The third-order valence-corrected chi connectivity index (χ3v) is 5.47. The van der Waals surface area contributed by atoms with Crippen molar-refractivity contribution in [3.63, 3.8) is 0 Å². The van der Waals surface area contributed by atoms with Crippen molar-refractivity contribution in [3.8, 4) is 0 Å². The van der Waals surface area contributed by atoms with Gasteiger partial charge in [0.2, 0.25) is 5.91 Å². The molecule has 0 radical (unpaired) electrons. The van der Waals surface area contributed by atoms with E-state index in [0.29, 0.717) is 11.6 Å². The molecule has 2 heterocycles. The number of aromatic amines is 1. The topological polar surface area (TPSA) is 91.5 Å². The lowest BCUT2D eigenvalue weighted by Gasteiger charge is -2.40. The highest BCUT2D eigenvalue weighted by atomic mass is 16.2. The van der Waals surface area contributed by atoms with E-state index in [1.165, 1.54) is 35.4 Å². The van der Waals surface area contributed by atoms with Crippen molar-refractivity contribution in [2.75, 3.05) is 7.05 Å². The minimum Gasteiger partial charge on any atom is -0.369 e. The normalized spacial score (nSPS) is 25.9. The number of carbonyl (C=O) groups excluding carboxylic acids is 1. The molecule has 0 saturated heterocycles. The molecule has 1 fully saturated rings. The highest BCUT2D eigenvalue weighted by Gasteiger charge is 2.47. The van der Waals surface area contributed by atoms with Crippen molar-refractivity contribution in [2.45, 2.75) is 37.1 Å². The summed E-state index contributed by atoms with van der Waals surface area (Å²) in [5.41, 5.74) is 7.64. The maximum Gasteiger partial charge on any atom is 0.239 e. The standard InChI is InChI=1S/C20H22N4O2/c1-20(16-11-15(25)9-10-22-16)17(18(26)24(2)19(21)23-20)14-7-5-13(6-8-14)12-3-4-12/h5-12,17H,3-4H2,1-2H3,(H2,21,23)(H,22,25)/t17-,20+/m0/s1. The minimum atomic E-state index is -0.977. The van der Waals surface area contributed by atoms with Gasteiger partial charge in [-0.1, -0.05) is 24.3 Å². The molecule has 2 aliphatic rings. The number of rotatable bonds is 3. The van der Waals surface area contributed by atoms with Crippen molar-refractivity contribution >= 4 is 11.9 Å². The molecule has 1 saturated carbocycles. The Morgan fingerprint density at radius 1 is 1.15 bits per heavy atom. The van der Waals surface area contributed by atoms with E-state index in [0.717, 1.165) is 5.56 Å². The van der Waals surface area contributed by atoms with Crippen LogP contribution in [0.3, 0.4) is 0 Å². The fourth-order valence-electron chi connectivity index (χ4n) is 3.72. The second kappa shape index (κ2) is 5.83. The van der Waals surface area contributed by atoms with Gasteiger partial charge >= 0.3 is 0 Å². The van der Waals surface area contributed by atoms with Crippen LogP contribution in [0.25, 0.3) is 0 Å². The van der Waals surface area contributed by atoms with Crippen molar-refractivity contribution in [1.29, 1.82) is 0 Å². The molecule has 1 aromatic carbocycles. The molecule has 4 rings (SSSR count). The zero-order chi connectivity index (χ0) is 18.5. The van der Waals surface area contributed by atoms with E-state index in [2.05, 4.69) is 22.1 Å². The molecule has 134 valence electrons. The van der Waals surface area contributed by atoms with Crippen LogP contribution in [0.1, 0.15) is 48.4 Å². The Kier molecular flexibility index (Phi) is 3.72. The zero-order valence-corrected chi connectivity index (χ0v) is 14.9. The number of hydrogen-bond donors (Lipinski definition) is 2. The Morgan fingerprint density at radius 3 is 2.42 bits per heavy atom. The lowest BCUT2D eigenvalue weighted by atomic mass is 9.76. The zero-order valence-electron chi connectivity index (χ0n) is 14.9. The molecule has 0 unspecified atom stereocenters. The maximum atomic E-state index is 13.1. The van der Waals surface area contributed by atoms with E-state index < -0.39 is 11.5 Å². The van der Waals surface area contributed by atoms with Crippen LogP contribution in [0.4, 0.5) is 0 Å². The van der Waals surface area contributed by atoms with Crippen LogP contribution in [0.5, 0.6) is 0 Å². The van der Waals surface area contributed by atoms with Crippen molar-refractivity contribution in [3.05, 3.63) is 69.6 Å². The number of guanidine groups is 1. The summed E-state index contributed by atoms with van der Waals surface area (Å²) in [6, 6.07) is 11.1. The fourth-order valence-corrected chi connectivity index (χ4v) is 3.72. The number of aliphatic imine (C=N–C) groups is 1. The van der Waals surface area contributed by atoms with Crippen molar-refractivity contribution in [1.82, 2.24) is 9.88 Å². The van der Waals surface area contributed by atoms with Crippen molar-refractivity contribution < 1.29 is 4.79 Å². The highest BCUT2D eigenvalue weighted by molar-refractivity contribution is 6.02. The Morgan fingerprint density at radius 2 is 1.81 bits per heavy atom. The largest absolute Gasteiger partial charge is 0.369 e. The number of benzene rings is 1. The van der Waals surface area contributed by atoms with Gasteiger partial charge in [0, 0.05) is 31.1 Å². The number of nitrogens with zero attached hydrogens (tertiary/aromatic N) is 2. The molecule has 2 atom stereocenters. The van der Waals surface area contributed by atoms with Gasteiger partial charge in [-0.25, -0.2) is 4.99 Å². The molecule has 6 nitrogen and oxygen atoms in total. The SMILES string of the molecule is CN1C(=O)[C@H](c2ccc(C3CC3)cc2)[C@@](C)(c2cc(=O)cc[nH]2)N=C1N. The quantitative estimate of drug-likeness (QED) is 0.887. The molecule has 0 spiro atoms. The first-order valence-electron chi connectivity index (χ1n) is 8.82. The summed E-state index contributed by atoms with van der Waals surface area (Å²) in [7, 11) is 1.63. The van der Waals surface area contributed by atoms with E-state index in [-0.39, 0.29) is 17.3 Å². The van der Waals surface area contributed by atoms with E-state index >= 15 is 0 Å². The summed E-state index contributed by atoms with van der Waals surface area (Å²) in [4.78, 5) is 34.1. The Balaban J connectivity index is 1.85. The number of H-pyrrole nitrogens is 1. The Labute approximate surface area is 151 Å². The average Bonchev–Trinajstić information content (AvgIpc) is 3.46. The summed E-state index contributed by atoms with van der Waals surface area (Å²) in [6.45, 7) is 1.84. The number of aromatic nitrogens is 1. The van der Waals surface area contributed by atoms with Crippen LogP contribution in [0.2, 0.25) is 0 Å². The number of nitrogens with two attached hydrogens (primary N) is 1. The predicted octanol–water partition coefficient (Wildman–Crippen LogP) is 2.04. The highest BCUT2D eigenvalue weighted by Crippen LogP contribution is 2.44. The monoisotopic (exact) mass is 350 g/mol. The van der Waals surface area contributed by atoms with Gasteiger partial charge in [-0.2, -0.15) is 0 Å². The summed E-state index contributed by atoms with van der Waals surface area (Å²) >= 11 is 0. The number of nitrogens with one attached hydrogen (secondary N) is 1. The molecule has 2 aromatic rings. The summed E-state index contributed by atoms with van der Waals surface area (Å²) in [6.07, 6.45) is 4.03. The Bertz CT molecular complexity index is 943. The van der Waals surface area contributed by atoms with E-state index in [4.69, 9.17) is 5.73 Å². The van der Waals surface area contributed by atoms with Gasteiger partial charge in [-0.05, 0) is 36.8 Å². The van der Waals surface area contributed by atoms with Gasteiger partial charge < -0.3 is 10.7 Å². The van der Waals surface area contributed by atoms with E-state index in [1.807, 2.05) is 19.1 Å². The Hall–Kier alpha value is -2.89. The van der Waals surface area contributed by atoms with Gasteiger partial charge in [0.25, 0.3) is 0 Å². The predicted molar refractivity (Wildman–Crippen MR) is 100.0 cm³/mol. The molecule has 1 amide bonds. The third-order valence-electron chi connectivity index (χ3n) is 5.47. The van der Waals surface area contributed by atoms with Crippen LogP contribution >= 0.6 is 0 Å². The molecule has 3 N–H and O–H groups in total. The third kappa shape index (κ3) is 2.62. The second-order valence-corrected chi connectivity index (χ2v) is 7.33. The molecular weight excluding hydrogens is 328 g/mol. The van der Waals surface area contributed by atoms with Crippen LogP contribution < -0.4 is 11.2 Å².